The number of aryl methyl sites for hydroxylation is 2. The lowest BCUT2D eigenvalue weighted by molar-refractivity contribution is 0.103. The van der Waals surface area contributed by atoms with Crippen LogP contribution in [-0.4, -0.2) is 22.6 Å². The Bertz CT molecular complexity index is 1080. The van der Waals surface area contributed by atoms with Crippen molar-refractivity contribution in [2.45, 2.75) is 30.9 Å². The van der Waals surface area contributed by atoms with Crippen LogP contribution < -0.4 is 5.30 Å². The second-order valence-corrected chi connectivity index (χ2v) is 10.5. The molecule has 0 bridgehead atoms. The van der Waals surface area contributed by atoms with Gasteiger partial charge in [-0.15, -0.1) is 4.52 Å². The molecule has 0 saturated heterocycles. The molecule has 5 nitrogen and oxygen atoms in total. The molecule has 0 fully saturated rings. The summed E-state index contributed by atoms with van der Waals surface area (Å²) in [5.74, 6) is 0.716. The first-order chi connectivity index (χ1) is 13.9. The van der Waals surface area contributed by atoms with Crippen molar-refractivity contribution in [2.24, 2.45) is 0 Å². The molecule has 0 spiro atoms. The highest BCUT2D eigenvalue weighted by molar-refractivity contribution is 8.00. The van der Waals surface area contributed by atoms with Crippen LogP contribution in [-0.2, 0) is 14.8 Å². The summed E-state index contributed by atoms with van der Waals surface area (Å²) in [6, 6.07) is 10.9. The van der Waals surface area contributed by atoms with Crippen LogP contribution in [0, 0.1) is 17.8 Å². The van der Waals surface area contributed by atoms with Gasteiger partial charge in [-0.25, -0.2) is 0 Å². The van der Waals surface area contributed by atoms with Crippen LogP contribution in [0.15, 0.2) is 40.7 Å². The summed E-state index contributed by atoms with van der Waals surface area (Å²) >= 11 is 8.13. The predicted octanol–water partition coefficient (Wildman–Crippen LogP) is 5.75. The topological polar surface area (TPSA) is 72.1 Å². The number of carbonyl (C=O) groups is 1. The number of nitrogens with one attached hydrogen (secondary N) is 1. The molecule has 0 amide bonds. The molecule has 9 heteroatoms. The first-order valence-corrected chi connectivity index (χ1v) is 12.3. The second kappa shape index (κ2) is 9.87. The highest BCUT2D eigenvalue weighted by atomic mass is 32.2. The zero-order valence-corrected chi connectivity index (χ0v) is 19.6. The molecule has 1 unspecified atom stereocenters. The molecule has 150 valence electrons. The SMILES string of the molecule is CCO[P+](=O)c1ccc(C(=O)c2c(C)cc(CSc3n[nH]c(=S)s3)cc2C)cc1. The average molecular weight is 464 g/mol. The van der Waals surface area contributed by atoms with E-state index in [0.29, 0.717) is 27.0 Å². The van der Waals surface area contributed by atoms with Gasteiger partial charge in [-0.1, -0.05) is 35.2 Å². The third kappa shape index (κ3) is 5.47. The van der Waals surface area contributed by atoms with E-state index in [1.807, 2.05) is 26.0 Å². The van der Waals surface area contributed by atoms with Crippen LogP contribution in [0.3, 0.4) is 0 Å². The van der Waals surface area contributed by atoms with E-state index in [0.717, 1.165) is 26.8 Å². The molecule has 1 N–H and O–H groups in total. The molecule has 0 aliphatic rings. The summed E-state index contributed by atoms with van der Waals surface area (Å²) in [5.41, 5.74) is 4.27. The number of benzene rings is 2. The fraction of sp³-hybridized carbons (Fsp3) is 0.250. The van der Waals surface area contributed by atoms with Crippen LogP contribution in [0.25, 0.3) is 0 Å². The summed E-state index contributed by atoms with van der Waals surface area (Å²) < 4.78 is 18.6. The number of carbonyl (C=O) groups excluding carboxylic acids is 1. The van der Waals surface area contributed by atoms with E-state index in [1.54, 1.807) is 43.0 Å². The van der Waals surface area contributed by atoms with E-state index in [2.05, 4.69) is 10.2 Å². The highest BCUT2D eigenvalue weighted by Gasteiger charge is 2.22. The molecule has 29 heavy (non-hydrogen) atoms. The van der Waals surface area contributed by atoms with Crippen LogP contribution in [0.2, 0.25) is 0 Å². The van der Waals surface area contributed by atoms with Gasteiger partial charge in [0.1, 0.15) is 6.61 Å². The molecule has 1 heterocycles. The Labute approximate surface area is 183 Å². The number of aromatic nitrogens is 2. The molecule has 0 aliphatic carbocycles. The van der Waals surface area contributed by atoms with Crippen molar-refractivity contribution in [3.8, 4) is 0 Å². The summed E-state index contributed by atoms with van der Waals surface area (Å²) in [7, 11) is -1.88. The van der Waals surface area contributed by atoms with Crippen molar-refractivity contribution in [3.05, 3.63) is 68.2 Å². The van der Waals surface area contributed by atoms with Gasteiger partial charge < -0.3 is 0 Å². The monoisotopic (exact) mass is 463 g/mol. The zero-order valence-electron chi connectivity index (χ0n) is 16.2. The van der Waals surface area contributed by atoms with Gasteiger partial charge in [0.2, 0.25) is 5.30 Å². The van der Waals surface area contributed by atoms with Gasteiger partial charge in [-0.05, 0) is 78.5 Å². The maximum absolute atomic E-state index is 13.1. The Kier molecular flexibility index (Phi) is 7.49. The molecule has 3 rings (SSSR count). The molecule has 1 aromatic heterocycles. The van der Waals surface area contributed by atoms with Gasteiger partial charge in [0, 0.05) is 16.9 Å². The summed E-state index contributed by atoms with van der Waals surface area (Å²) in [4.78, 5) is 13.1. The Balaban J connectivity index is 1.78. The number of hydrogen-bond acceptors (Lipinski definition) is 7. The molecule has 2 aromatic carbocycles. The molecular formula is C20H20N2O3PS3+. The number of hydrogen-bond donors (Lipinski definition) is 1. The molecule has 0 saturated carbocycles. The first-order valence-electron chi connectivity index (χ1n) is 8.92. The summed E-state index contributed by atoms with van der Waals surface area (Å²) in [6.45, 7) is 6.08. The van der Waals surface area contributed by atoms with Crippen molar-refractivity contribution in [2.75, 3.05) is 6.61 Å². The largest absolute Gasteiger partial charge is 0.548 e. The Hall–Kier alpha value is -1.70. The smallest absolute Gasteiger partial charge is 0.289 e. The maximum atomic E-state index is 13.1. The lowest BCUT2D eigenvalue weighted by Gasteiger charge is -2.12. The van der Waals surface area contributed by atoms with Crippen LogP contribution in [0.4, 0.5) is 0 Å². The Morgan fingerprint density at radius 2 is 1.90 bits per heavy atom. The summed E-state index contributed by atoms with van der Waals surface area (Å²) in [5, 5.41) is 7.52. The standard InChI is InChI=1S/C20H19N2O3PS3/c1-4-25-26(24)16-7-5-15(6-8-16)18(23)17-12(2)9-14(10-13(17)3)11-28-20-22-21-19(27)29-20/h5-10H,4,11H2,1-3H3/p+1. The number of H-pyrrole nitrogens is 1. The fourth-order valence-electron chi connectivity index (χ4n) is 2.99. The van der Waals surface area contributed by atoms with Gasteiger partial charge in [0.25, 0.3) is 0 Å². The first kappa shape index (κ1) is 22.0. The van der Waals surface area contributed by atoms with Gasteiger partial charge >= 0.3 is 8.03 Å². The molecule has 0 radical (unpaired) electrons. The van der Waals surface area contributed by atoms with E-state index in [9.17, 15) is 9.36 Å². The van der Waals surface area contributed by atoms with Gasteiger partial charge in [0.05, 0.1) is 0 Å². The maximum Gasteiger partial charge on any atom is 0.548 e. The number of aromatic amines is 1. The Morgan fingerprint density at radius 1 is 1.24 bits per heavy atom. The van der Waals surface area contributed by atoms with E-state index in [4.69, 9.17) is 16.7 Å². The number of ketones is 1. The normalized spacial score (nSPS) is 11.5. The van der Waals surface area contributed by atoms with E-state index < -0.39 is 8.03 Å². The summed E-state index contributed by atoms with van der Waals surface area (Å²) in [6.07, 6.45) is 0. The number of nitrogens with zero attached hydrogens (tertiary/aromatic N) is 1. The minimum absolute atomic E-state index is 0.0392. The molecule has 0 aliphatic heterocycles. The van der Waals surface area contributed by atoms with Crippen molar-refractivity contribution in [1.82, 2.24) is 10.2 Å². The Morgan fingerprint density at radius 3 is 2.45 bits per heavy atom. The van der Waals surface area contributed by atoms with Crippen molar-refractivity contribution >= 4 is 54.4 Å². The van der Waals surface area contributed by atoms with E-state index in [-0.39, 0.29) is 5.78 Å². The van der Waals surface area contributed by atoms with E-state index >= 15 is 0 Å². The van der Waals surface area contributed by atoms with Crippen LogP contribution in [0.5, 0.6) is 0 Å². The highest BCUT2D eigenvalue weighted by Crippen LogP contribution is 2.28. The predicted molar refractivity (Wildman–Crippen MR) is 122 cm³/mol. The third-order valence-electron chi connectivity index (χ3n) is 4.19. The van der Waals surface area contributed by atoms with Gasteiger partial charge in [-0.3, -0.25) is 9.89 Å². The molecule has 1 atom stereocenters. The lowest BCUT2D eigenvalue weighted by atomic mass is 9.93. The number of rotatable bonds is 8. The fourth-order valence-corrected chi connectivity index (χ4v) is 5.78. The number of thioether (sulfide) groups is 1. The zero-order chi connectivity index (χ0) is 21.0. The van der Waals surface area contributed by atoms with Gasteiger partial charge in [-0.2, -0.15) is 5.10 Å². The van der Waals surface area contributed by atoms with Gasteiger partial charge in [0.15, 0.2) is 14.1 Å². The molecule has 3 aromatic rings. The second-order valence-electron chi connectivity index (χ2n) is 6.32. The van der Waals surface area contributed by atoms with Crippen molar-refractivity contribution in [1.29, 1.82) is 0 Å². The van der Waals surface area contributed by atoms with Crippen molar-refractivity contribution < 1.29 is 13.9 Å². The lowest BCUT2D eigenvalue weighted by Crippen LogP contribution is -2.09. The van der Waals surface area contributed by atoms with Crippen LogP contribution >= 0.6 is 43.3 Å². The van der Waals surface area contributed by atoms with Crippen molar-refractivity contribution in [3.63, 3.8) is 0 Å². The third-order valence-corrected chi connectivity index (χ3v) is 7.70. The minimum Gasteiger partial charge on any atom is -0.289 e. The minimum atomic E-state index is -1.88. The molecular weight excluding hydrogens is 443 g/mol. The van der Waals surface area contributed by atoms with E-state index in [1.165, 1.54) is 11.3 Å². The quantitative estimate of drug-likeness (QED) is 0.199. The van der Waals surface area contributed by atoms with Crippen LogP contribution in [0.1, 0.15) is 39.5 Å². The average Bonchev–Trinajstić information content (AvgIpc) is 3.11.